The molecule has 0 bridgehead atoms. The summed E-state index contributed by atoms with van der Waals surface area (Å²) < 4.78 is 4.76. The van der Waals surface area contributed by atoms with Crippen LogP contribution in [0.4, 0.5) is 0 Å². The molecule has 0 heterocycles. The number of rotatable bonds is 4. The second kappa shape index (κ2) is 5.86. The van der Waals surface area contributed by atoms with Gasteiger partial charge in [0.15, 0.2) is 0 Å². The lowest BCUT2D eigenvalue weighted by atomic mass is 10.1. The molecule has 0 spiro atoms. The molecular formula is C12H15NO2. The van der Waals surface area contributed by atoms with Gasteiger partial charge in [-0.3, -0.25) is 0 Å². The third kappa shape index (κ3) is 3.85. The summed E-state index contributed by atoms with van der Waals surface area (Å²) in [5.41, 5.74) is 6.82. The lowest BCUT2D eigenvalue weighted by Crippen LogP contribution is -2.14. The molecule has 0 fully saturated rings. The largest absolute Gasteiger partial charge is 0.461 e. The lowest BCUT2D eigenvalue weighted by molar-refractivity contribution is -0.138. The van der Waals surface area contributed by atoms with E-state index in [0.29, 0.717) is 13.0 Å². The Balaban J connectivity index is 2.54. The van der Waals surface area contributed by atoms with Crippen LogP contribution in [-0.2, 0) is 16.0 Å². The second-order valence-corrected chi connectivity index (χ2v) is 3.07. The van der Waals surface area contributed by atoms with Crippen LogP contribution in [0.1, 0.15) is 12.5 Å². The van der Waals surface area contributed by atoms with Crippen LogP contribution in [-0.4, -0.2) is 12.6 Å². The molecule has 80 valence electrons. The van der Waals surface area contributed by atoms with Crippen LogP contribution >= 0.6 is 0 Å². The van der Waals surface area contributed by atoms with Gasteiger partial charge in [0.1, 0.15) is 5.70 Å². The number of hydrogen-bond donors (Lipinski definition) is 1. The molecule has 0 aliphatic heterocycles. The maximum atomic E-state index is 11.1. The maximum absolute atomic E-state index is 11.1. The number of carbonyl (C=O) groups is 1. The van der Waals surface area contributed by atoms with Gasteiger partial charge in [-0.15, -0.1) is 0 Å². The number of esters is 1. The van der Waals surface area contributed by atoms with Crippen LogP contribution in [0.5, 0.6) is 0 Å². The number of nitrogens with two attached hydrogens (primary N) is 1. The van der Waals surface area contributed by atoms with E-state index in [-0.39, 0.29) is 5.70 Å². The minimum Gasteiger partial charge on any atom is -0.461 e. The van der Waals surface area contributed by atoms with Crippen molar-refractivity contribution in [3.05, 3.63) is 47.7 Å². The average molecular weight is 205 g/mol. The Bertz CT molecular complexity index is 344. The highest BCUT2D eigenvalue weighted by atomic mass is 16.5. The van der Waals surface area contributed by atoms with Crippen molar-refractivity contribution in [1.29, 1.82) is 0 Å². The summed E-state index contributed by atoms with van der Waals surface area (Å²) in [7, 11) is 0. The molecule has 1 aromatic carbocycles. The number of benzene rings is 1. The Kier molecular flexibility index (Phi) is 4.41. The first-order valence-electron chi connectivity index (χ1n) is 4.90. The summed E-state index contributed by atoms with van der Waals surface area (Å²) in [6.45, 7) is 2.10. The summed E-state index contributed by atoms with van der Waals surface area (Å²) in [4.78, 5) is 11.1. The smallest absolute Gasteiger partial charge is 0.353 e. The predicted molar refractivity (Wildman–Crippen MR) is 59.0 cm³/mol. The highest BCUT2D eigenvalue weighted by molar-refractivity contribution is 5.87. The maximum Gasteiger partial charge on any atom is 0.353 e. The van der Waals surface area contributed by atoms with Gasteiger partial charge in [0.25, 0.3) is 0 Å². The Morgan fingerprint density at radius 1 is 1.40 bits per heavy atom. The van der Waals surface area contributed by atoms with E-state index in [2.05, 4.69) is 0 Å². The quantitative estimate of drug-likeness (QED) is 0.600. The van der Waals surface area contributed by atoms with Crippen LogP contribution in [0, 0.1) is 0 Å². The monoisotopic (exact) mass is 205 g/mol. The molecule has 3 heteroatoms. The minimum absolute atomic E-state index is 0.167. The van der Waals surface area contributed by atoms with Gasteiger partial charge < -0.3 is 10.5 Å². The molecule has 0 radical (unpaired) electrons. The predicted octanol–water partition coefficient (Wildman–Crippen LogP) is 1.63. The van der Waals surface area contributed by atoms with E-state index in [9.17, 15) is 4.79 Å². The van der Waals surface area contributed by atoms with Gasteiger partial charge in [0.2, 0.25) is 0 Å². The standard InChI is InChI=1S/C12H15NO2/c1-2-15-12(14)11(13)9-8-10-6-4-3-5-7-10/h3-7,9H,2,8,13H2,1H3/b11-9-. The highest BCUT2D eigenvalue weighted by Gasteiger charge is 2.04. The topological polar surface area (TPSA) is 52.3 Å². The third-order valence-electron chi connectivity index (χ3n) is 1.91. The molecular weight excluding hydrogens is 190 g/mol. The molecule has 0 atom stereocenters. The molecule has 0 saturated carbocycles. The van der Waals surface area contributed by atoms with Crippen molar-refractivity contribution in [1.82, 2.24) is 0 Å². The van der Waals surface area contributed by atoms with Crippen molar-refractivity contribution in [2.24, 2.45) is 5.73 Å². The van der Waals surface area contributed by atoms with E-state index in [1.807, 2.05) is 30.3 Å². The van der Waals surface area contributed by atoms with Crippen molar-refractivity contribution in [2.45, 2.75) is 13.3 Å². The third-order valence-corrected chi connectivity index (χ3v) is 1.91. The van der Waals surface area contributed by atoms with Crippen LogP contribution < -0.4 is 5.73 Å². The average Bonchev–Trinajstić information content (AvgIpc) is 2.27. The SMILES string of the molecule is CCOC(=O)/C(N)=C/Cc1ccccc1. The van der Waals surface area contributed by atoms with Gasteiger partial charge in [0.05, 0.1) is 6.61 Å². The first-order chi connectivity index (χ1) is 7.24. The molecule has 1 rings (SSSR count). The molecule has 2 N–H and O–H groups in total. The van der Waals surface area contributed by atoms with E-state index in [1.54, 1.807) is 13.0 Å². The number of carbonyl (C=O) groups excluding carboxylic acids is 1. The van der Waals surface area contributed by atoms with Crippen molar-refractivity contribution in [3.8, 4) is 0 Å². The first-order valence-corrected chi connectivity index (χ1v) is 4.90. The van der Waals surface area contributed by atoms with Crippen LogP contribution in [0.2, 0.25) is 0 Å². The highest BCUT2D eigenvalue weighted by Crippen LogP contribution is 2.01. The van der Waals surface area contributed by atoms with Crippen molar-refractivity contribution < 1.29 is 9.53 Å². The molecule has 0 aliphatic carbocycles. The molecule has 15 heavy (non-hydrogen) atoms. The van der Waals surface area contributed by atoms with Crippen LogP contribution in [0.15, 0.2) is 42.1 Å². The Labute approximate surface area is 89.5 Å². The van der Waals surface area contributed by atoms with Crippen molar-refractivity contribution >= 4 is 5.97 Å². The van der Waals surface area contributed by atoms with E-state index in [4.69, 9.17) is 10.5 Å². The zero-order valence-corrected chi connectivity index (χ0v) is 8.77. The second-order valence-electron chi connectivity index (χ2n) is 3.07. The Morgan fingerprint density at radius 2 is 2.07 bits per heavy atom. The van der Waals surface area contributed by atoms with E-state index in [0.717, 1.165) is 5.56 Å². The molecule has 0 unspecified atom stereocenters. The Hall–Kier alpha value is -1.77. The Morgan fingerprint density at radius 3 is 2.67 bits per heavy atom. The van der Waals surface area contributed by atoms with Gasteiger partial charge in [-0.25, -0.2) is 4.79 Å². The molecule has 0 saturated heterocycles. The number of hydrogen-bond acceptors (Lipinski definition) is 3. The lowest BCUT2D eigenvalue weighted by Gasteiger charge is -2.01. The summed E-state index contributed by atoms with van der Waals surface area (Å²) in [6.07, 6.45) is 2.32. The summed E-state index contributed by atoms with van der Waals surface area (Å²) in [6, 6.07) is 9.80. The molecule has 0 aliphatic rings. The minimum atomic E-state index is -0.451. The first kappa shape index (κ1) is 11.3. The fourth-order valence-electron chi connectivity index (χ4n) is 1.14. The van der Waals surface area contributed by atoms with Crippen molar-refractivity contribution in [2.75, 3.05) is 6.61 Å². The molecule has 1 aromatic rings. The number of ether oxygens (including phenoxy) is 1. The summed E-state index contributed by atoms with van der Waals surface area (Å²) in [5, 5.41) is 0. The van der Waals surface area contributed by atoms with Crippen LogP contribution in [0.25, 0.3) is 0 Å². The van der Waals surface area contributed by atoms with Gasteiger partial charge in [-0.05, 0) is 25.0 Å². The van der Waals surface area contributed by atoms with Gasteiger partial charge in [-0.1, -0.05) is 30.3 Å². The van der Waals surface area contributed by atoms with E-state index >= 15 is 0 Å². The van der Waals surface area contributed by atoms with Gasteiger partial charge >= 0.3 is 5.97 Å². The fourth-order valence-corrected chi connectivity index (χ4v) is 1.14. The molecule has 0 amide bonds. The van der Waals surface area contributed by atoms with E-state index in [1.165, 1.54) is 0 Å². The zero-order chi connectivity index (χ0) is 11.1. The molecule has 0 aromatic heterocycles. The normalized spacial score (nSPS) is 11.1. The fraction of sp³-hybridized carbons (Fsp3) is 0.250. The summed E-state index contributed by atoms with van der Waals surface area (Å²) in [5.74, 6) is -0.451. The molecule has 3 nitrogen and oxygen atoms in total. The van der Waals surface area contributed by atoms with Crippen LogP contribution in [0.3, 0.4) is 0 Å². The van der Waals surface area contributed by atoms with Crippen molar-refractivity contribution in [3.63, 3.8) is 0 Å². The summed E-state index contributed by atoms with van der Waals surface area (Å²) >= 11 is 0. The number of allylic oxidation sites excluding steroid dienone is 1. The zero-order valence-electron chi connectivity index (χ0n) is 8.77. The van der Waals surface area contributed by atoms with E-state index < -0.39 is 5.97 Å². The van der Waals surface area contributed by atoms with Gasteiger partial charge in [0, 0.05) is 0 Å². The van der Waals surface area contributed by atoms with Gasteiger partial charge in [-0.2, -0.15) is 0 Å².